The molecule has 0 spiro atoms. The van der Waals surface area contributed by atoms with E-state index in [2.05, 4.69) is 10.1 Å². The van der Waals surface area contributed by atoms with E-state index >= 15 is 0 Å². The number of rotatable bonds is 10. The predicted molar refractivity (Wildman–Crippen MR) is 123 cm³/mol. The highest BCUT2D eigenvalue weighted by Crippen LogP contribution is 2.32. The molecule has 2 saturated heterocycles. The second-order valence-corrected chi connectivity index (χ2v) is 9.13. The Morgan fingerprint density at radius 3 is 2.64 bits per heavy atom. The first-order chi connectivity index (χ1) is 17.4. The zero-order valence-corrected chi connectivity index (χ0v) is 19.9. The number of hydrogen-bond donors (Lipinski definition) is 0. The van der Waals surface area contributed by atoms with Gasteiger partial charge in [-0.05, 0) is 43.7 Å². The van der Waals surface area contributed by atoms with Gasteiger partial charge in [-0.3, -0.25) is 19.3 Å². The van der Waals surface area contributed by atoms with Crippen LogP contribution in [0.25, 0.3) is 0 Å². The monoisotopic (exact) mass is 497 g/mol. The number of carbonyl (C=O) groups excluding carboxylic acids is 4. The molecule has 36 heavy (non-hydrogen) atoms. The molecule has 1 saturated carbocycles. The summed E-state index contributed by atoms with van der Waals surface area (Å²) in [5.41, 5.74) is 0.603. The quantitative estimate of drug-likeness (QED) is 0.354. The summed E-state index contributed by atoms with van der Waals surface area (Å²) in [6.45, 7) is 0.909. The van der Waals surface area contributed by atoms with E-state index in [0.717, 1.165) is 35.5 Å². The van der Waals surface area contributed by atoms with Gasteiger partial charge in [-0.15, -0.1) is 0 Å². The van der Waals surface area contributed by atoms with E-state index in [0.29, 0.717) is 24.6 Å². The average Bonchev–Trinajstić information content (AvgIpc) is 3.28. The van der Waals surface area contributed by atoms with Crippen LogP contribution in [0.2, 0.25) is 0 Å². The lowest BCUT2D eigenvalue weighted by atomic mass is 10.2. The van der Waals surface area contributed by atoms with Gasteiger partial charge in [0.2, 0.25) is 11.8 Å². The van der Waals surface area contributed by atoms with Crippen LogP contribution in [-0.4, -0.2) is 76.6 Å². The van der Waals surface area contributed by atoms with Crippen molar-refractivity contribution in [2.24, 2.45) is 5.92 Å². The van der Waals surface area contributed by atoms with E-state index in [1.54, 1.807) is 17.0 Å². The Morgan fingerprint density at radius 1 is 1.14 bits per heavy atom. The van der Waals surface area contributed by atoms with E-state index in [9.17, 15) is 19.2 Å². The molecule has 0 bridgehead atoms. The third-order valence-corrected chi connectivity index (χ3v) is 6.47. The minimum atomic E-state index is -0.921. The van der Waals surface area contributed by atoms with Crippen LogP contribution in [0.4, 0.5) is 10.5 Å². The van der Waals surface area contributed by atoms with Crippen molar-refractivity contribution in [3.63, 3.8) is 0 Å². The van der Waals surface area contributed by atoms with E-state index in [-0.39, 0.29) is 49.2 Å². The zero-order valence-electron chi connectivity index (χ0n) is 19.9. The maximum Gasteiger partial charge on any atom is 0.334 e. The molecule has 3 aliphatic rings. The summed E-state index contributed by atoms with van der Waals surface area (Å²) in [5.74, 6) is -1.19. The van der Waals surface area contributed by atoms with Crippen molar-refractivity contribution in [2.75, 3.05) is 31.7 Å². The van der Waals surface area contributed by atoms with E-state index < -0.39 is 17.8 Å². The van der Waals surface area contributed by atoms with Crippen molar-refractivity contribution in [3.05, 3.63) is 36.0 Å². The largest absolute Gasteiger partial charge is 0.495 e. The number of hydrogen-bond acceptors (Lipinski definition) is 9. The normalized spacial score (nSPS) is 19.9. The SMILES string of the molecule is COc1ccccc1N(C[C@H]1CCCO1)C(=O)Cc1noc(CN2C(=O)C(=O)N(CC3CC3)C2=O)n1. The first-order valence-corrected chi connectivity index (χ1v) is 12.0. The Bertz CT molecular complexity index is 1170. The Kier molecular flexibility index (Phi) is 6.68. The molecule has 1 atom stereocenters. The summed E-state index contributed by atoms with van der Waals surface area (Å²) < 4.78 is 16.4. The molecule has 2 aliphatic heterocycles. The zero-order chi connectivity index (χ0) is 25.2. The lowest BCUT2D eigenvalue weighted by molar-refractivity contribution is -0.143. The molecule has 3 heterocycles. The van der Waals surface area contributed by atoms with Gasteiger partial charge < -0.3 is 18.9 Å². The topological polar surface area (TPSA) is 135 Å². The maximum atomic E-state index is 13.3. The number of imide groups is 2. The second-order valence-electron chi connectivity index (χ2n) is 9.13. The second kappa shape index (κ2) is 10.1. The average molecular weight is 498 g/mol. The van der Waals surface area contributed by atoms with Crippen LogP contribution in [0.3, 0.4) is 0 Å². The third-order valence-electron chi connectivity index (χ3n) is 6.47. The van der Waals surface area contributed by atoms with Gasteiger partial charge in [-0.25, -0.2) is 9.69 Å². The lowest BCUT2D eigenvalue weighted by Gasteiger charge is -2.26. The molecule has 2 aromatic rings. The molecule has 12 nitrogen and oxygen atoms in total. The Balaban J connectivity index is 1.28. The highest BCUT2D eigenvalue weighted by molar-refractivity contribution is 6.44. The Morgan fingerprint density at radius 2 is 1.92 bits per heavy atom. The molecule has 3 fully saturated rings. The van der Waals surface area contributed by atoms with Gasteiger partial charge in [0.05, 0.1) is 31.9 Å². The summed E-state index contributed by atoms with van der Waals surface area (Å²) in [5, 5.41) is 3.85. The molecule has 1 aromatic carbocycles. The van der Waals surface area contributed by atoms with Crippen LogP contribution in [0, 0.1) is 5.92 Å². The van der Waals surface area contributed by atoms with Crippen LogP contribution in [-0.2, 0) is 32.1 Å². The number of ether oxygens (including phenoxy) is 2. The molecule has 0 unspecified atom stereocenters. The van der Waals surface area contributed by atoms with E-state index in [1.165, 1.54) is 7.11 Å². The number of urea groups is 1. The lowest BCUT2D eigenvalue weighted by Crippen LogP contribution is -2.38. The fourth-order valence-corrected chi connectivity index (χ4v) is 4.38. The Labute approximate surface area is 207 Å². The number of para-hydroxylation sites is 2. The van der Waals surface area contributed by atoms with Gasteiger partial charge in [0.1, 0.15) is 12.3 Å². The maximum absolute atomic E-state index is 13.3. The molecule has 0 N–H and O–H groups in total. The van der Waals surface area contributed by atoms with Gasteiger partial charge in [-0.2, -0.15) is 4.98 Å². The van der Waals surface area contributed by atoms with E-state index in [1.807, 2.05) is 12.1 Å². The summed E-state index contributed by atoms with van der Waals surface area (Å²) in [6.07, 6.45) is 3.38. The molecular weight excluding hydrogens is 470 g/mol. The standard InChI is InChI=1S/C24H27N5O7/c1-34-18-7-3-2-6-17(18)27(13-16-5-4-10-35-16)21(30)11-19-25-20(36-26-19)14-29-23(32)22(31)28(24(29)33)12-15-8-9-15/h2-3,6-7,15-16H,4-5,8-14H2,1H3/t16-/m1/s1. The molecule has 190 valence electrons. The van der Waals surface area contributed by atoms with Crippen molar-refractivity contribution in [1.82, 2.24) is 19.9 Å². The van der Waals surface area contributed by atoms with Crippen LogP contribution in [0.15, 0.2) is 28.8 Å². The van der Waals surface area contributed by atoms with E-state index in [4.69, 9.17) is 14.0 Å². The third kappa shape index (κ3) is 4.94. The highest BCUT2D eigenvalue weighted by Gasteiger charge is 2.46. The molecule has 5 amide bonds. The number of nitrogens with zero attached hydrogens (tertiary/aromatic N) is 5. The minimum absolute atomic E-state index is 0.0384. The van der Waals surface area contributed by atoms with Gasteiger partial charge in [-0.1, -0.05) is 17.3 Å². The van der Waals surface area contributed by atoms with Gasteiger partial charge in [0.25, 0.3) is 0 Å². The van der Waals surface area contributed by atoms with Gasteiger partial charge in [0, 0.05) is 13.2 Å². The van der Waals surface area contributed by atoms with Crippen molar-refractivity contribution < 1.29 is 33.2 Å². The molecule has 0 radical (unpaired) electrons. The molecular formula is C24H27N5O7. The summed E-state index contributed by atoms with van der Waals surface area (Å²) in [6, 6.07) is 6.52. The predicted octanol–water partition coefficient (Wildman–Crippen LogP) is 1.53. The molecule has 1 aliphatic carbocycles. The number of methoxy groups -OCH3 is 1. The number of amides is 5. The summed E-state index contributed by atoms with van der Waals surface area (Å²) in [7, 11) is 1.54. The highest BCUT2D eigenvalue weighted by atomic mass is 16.5. The number of carbonyl (C=O) groups is 4. The fraction of sp³-hybridized carbons (Fsp3) is 0.500. The van der Waals surface area contributed by atoms with Crippen LogP contribution < -0.4 is 9.64 Å². The minimum Gasteiger partial charge on any atom is -0.495 e. The fourth-order valence-electron chi connectivity index (χ4n) is 4.38. The first kappa shape index (κ1) is 23.9. The molecule has 5 rings (SSSR count). The molecule has 1 aromatic heterocycles. The number of anilines is 1. The van der Waals surface area contributed by atoms with Gasteiger partial charge >= 0.3 is 17.8 Å². The Hall–Kier alpha value is -3.80. The van der Waals surface area contributed by atoms with Crippen molar-refractivity contribution >= 4 is 29.4 Å². The first-order valence-electron chi connectivity index (χ1n) is 12.0. The van der Waals surface area contributed by atoms with Crippen molar-refractivity contribution in [2.45, 2.75) is 44.8 Å². The summed E-state index contributed by atoms with van der Waals surface area (Å²) in [4.78, 5) is 58.0. The van der Waals surface area contributed by atoms with Crippen LogP contribution in [0.5, 0.6) is 5.75 Å². The smallest absolute Gasteiger partial charge is 0.334 e. The van der Waals surface area contributed by atoms with Gasteiger partial charge in [0.15, 0.2) is 5.82 Å². The number of benzene rings is 1. The molecule has 12 heteroatoms. The van der Waals surface area contributed by atoms with Crippen molar-refractivity contribution in [1.29, 1.82) is 0 Å². The van der Waals surface area contributed by atoms with Crippen molar-refractivity contribution in [3.8, 4) is 5.75 Å². The number of aromatic nitrogens is 2. The van der Waals surface area contributed by atoms with Crippen LogP contribution >= 0.6 is 0 Å². The van der Waals surface area contributed by atoms with Crippen LogP contribution in [0.1, 0.15) is 37.4 Å². The summed E-state index contributed by atoms with van der Waals surface area (Å²) >= 11 is 0.